The summed E-state index contributed by atoms with van der Waals surface area (Å²) in [6.45, 7) is 2.01. The van der Waals surface area contributed by atoms with Gasteiger partial charge >= 0.3 is 5.97 Å². The molecule has 3 nitrogen and oxygen atoms in total. The monoisotopic (exact) mass is 255 g/mol. The second kappa shape index (κ2) is 5.00. The Labute approximate surface area is 113 Å². The zero-order chi connectivity index (χ0) is 13.2. The van der Waals surface area contributed by atoms with E-state index in [2.05, 4.69) is 4.99 Å². The smallest absolute Gasteiger partial charge is 0.363 e. The lowest BCUT2D eigenvalue weighted by Crippen LogP contribution is -2.05. The number of benzene rings is 1. The molecule has 19 heavy (non-hydrogen) atoms. The van der Waals surface area contributed by atoms with E-state index in [9.17, 15) is 4.79 Å². The summed E-state index contributed by atoms with van der Waals surface area (Å²) in [6, 6.07) is 7.85. The van der Waals surface area contributed by atoms with E-state index < -0.39 is 0 Å². The standard InChI is InChI=1S/C16H17NO2/c1-11-5-4-8-13(9-11)15-17-14(16(18)19-15)10-12-6-2-3-7-12/h4-5,8-10,12H,2-3,6-7H2,1H3/b14-10-. The molecular formula is C16H17NO2. The van der Waals surface area contributed by atoms with Crippen molar-refractivity contribution in [2.24, 2.45) is 10.9 Å². The number of rotatable bonds is 2. The number of hydrogen-bond donors (Lipinski definition) is 0. The van der Waals surface area contributed by atoms with Crippen molar-refractivity contribution in [2.45, 2.75) is 32.6 Å². The van der Waals surface area contributed by atoms with Gasteiger partial charge in [0, 0.05) is 5.56 Å². The van der Waals surface area contributed by atoms with E-state index in [-0.39, 0.29) is 5.97 Å². The van der Waals surface area contributed by atoms with E-state index in [1.54, 1.807) is 0 Å². The summed E-state index contributed by atoms with van der Waals surface area (Å²) in [5.41, 5.74) is 2.47. The number of aliphatic imine (C=N–C) groups is 1. The topological polar surface area (TPSA) is 38.7 Å². The summed E-state index contributed by atoms with van der Waals surface area (Å²) in [5, 5.41) is 0. The van der Waals surface area contributed by atoms with Crippen LogP contribution in [0.3, 0.4) is 0 Å². The van der Waals surface area contributed by atoms with Gasteiger partial charge in [0.25, 0.3) is 0 Å². The van der Waals surface area contributed by atoms with Crippen molar-refractivity contribution in [1.29, 1.82) is 0 Å². The number of ether oxygens (including phenoxy) is 1. The lowest BCUT2D eigenvalue weighted by Gasteiger charge is -2.00. The fourth-order valence-corrected chi connectivity index (χ4v) is 2.67. The molecule has 0 aromatic heterocycles. The Morgan fingerprint density at radius 2 is 2.11 bits per heavy atom. The fraction of sp³-hybridized carbons (Fsp3) is 0.375. The van der Waals surface area contributed by atoms with Gasteiger partial charge in [-0.05, 0) is 43.9 Å². The van der Waals surface area contributed by atoms with Crippen LogP contribution in [0.1, 0.15) is 36.8 Å². The summed E-state index contributed by atoms with van der Waals surface area (Å²) in [5.74, 6) is 0.601. The van der Waals surface area contributed by atoms with E-state index >= 15 is 0 Å². The van der Waals surface area contributed by atoms with E-state index in [0.29, 0.717) is 17.5 Å². The van der Waals surface area contributed by atoms with Gasteiger partial charge in [0.05, 0.1) is 0 Å². The third-order valence-corrected chi connectivity index (χ3v) is 3.68. The Bertz CT molecular complexity index is 566. The molecule has 3 rings (SSSR count). The van der Waals surface area contributed by atoms with Gasteiger partial charge in [-0.15, -0.1) is 0 Å². The first-order chi connectivity index (χ1) is 9.22. The van der Waals surface area contributed by atoms with Crippen LogP contribution in [0.25, 0.3) is 0 Å². The first-order valence-corrected chi connectivity index (χ1v) is 6.82. The van der Waals surface area contributed by atoms with Gasteiger partial charge in [-0.25, -0.2) is 9.79 Å². The zero-order valence-electron chi connectivity index (χ0n) is 11.1. The molecule has 1 heterocycles. The Hall–Kier alpha value is -1.90. The Kier molecular flexibility index (Phi) is 3.20. The summed E-state index contributed by atoms with van der Waals surface area (Å²) >= 11 is 0. The molecule has 3 heteroatoms. The molecule has 0 amide bonds. The van der Waals surface area contributed by atoms with Gasteiger partial charge in [0.1, 0.15) is 5.70 Å². The van der Waals surface area contributed by atoms with Crippen molar-refractivity contribution in [3.8, 4) is 0 Å². The summed E-state index contributed by atoms with van der Waals surface area (Å²) in [4.78, 5) is 16.2. The third kappa shape index (κ3) is 2.60. The molecule has 0 atom stereocenters. The second-order valence-electron chi connectivity index (χ2n) is 5.27. The fourth-order valence-electron chi connectivity index (χ4n) is 2.67. The number of hydrogen-bond acceptors (Lipinski definition) is 3. The maximum Gasteiger partial charge on any atom is 0.363 e. The second-order valence-corrected chi connectivity index (χ2v) is 5.27. The molecule has 0 spiro atoms. The van der Waals surface area contributed by atoms with Gasteiger partial charge in [-0.2, -0.15) is 0 Å². The number of aryl methyl sites for hydroxylation is 1. The number of esters is 1. The molecule has 98 valence electrons. The molecule has 1 aromatic rings. The molecule has 1 aliphatic heterocycles. The van der Waals surface area contributed by atoms with E-state index in [0.717, 1.165) is 24.0 Å². The number of nitrogens with zero attached hydrogens (tertiary/aromatic N) is 1. The molecule has 0 unspecified atom stereocenters. The van der Waals surface area contributed by atoms with Crippen molar-refractivity contribution in [3.63, 3.8) is 0 Å². The predicted molar refractivity (Wildman–Crippen MR) is 73.8 cm³/mol. The number of carbonyl (C=O) groups is 1. The minimum absolute atomic E-state index is 0.316. The van der Waals surface area contributed by atoms with E-state index in [1.165, 1.54) is 12.8 Å². The van der Waals surface area contributed by atoms with Crippen LogP contribution in [0, 0.1) is 12.8 Å². The van der Waals surface area contributed by atoms with Crippen LogP contribution in [0.4, 0.5) is 0 Å². The number of carbonyl (C=O) groups excluding carboxylic acids is 1. The number of cyclic esters (lactones) is 1. The van der Waals surface area contributed by atoms with Gasteiger partial charge in [0.15, 0.2) is 0 Å². The van der Waals surface area contributed by atoms with Crippen LogP contribution in [0.15, 0.2) is 41.0 Å². The maximum absolute atomic E-state index is 11.8. The highest BCUT2D eigenvalue weighted by Gasteiger charge is 2.25. The van der Waals surface area contributed by atoms with Crippen LogP contribution in [-0.2, 0) is 9.53 Å². The molecule has 1 aromatic carbocycles. The van der Waals surface area contributed by atoms with Gasteiger partial charge in [-0.3, -0.25) is 0 Å². The molecular weight excluding hydrogens is 238 g/mol. The van der Waals surface area contributed by atoms with Crippen LogP contribution in [0.2, 0.25) is 0 Å². The molecule has 1 aliphatic carbocycles. The highest BCUT2D eigenvalue weighted by Crippen LogP contribution is 2.28. The van der Waals surface area contributed by atoms with Gasteiger partial charge < -0.3 is 4.74 Å². The molecule has 0 bridgehead atoms. The normalized spacial score (nSPS) is 21.8. The summed E-state index contributed by atoms with van der Waals surface area (Å²) in [7, 11) is 0. The molecule has 2 aliphatic rings. The zero-order valence-corrected chi connectivity index (χ0v) is 11.1. The number of allylic oxidation sites excluding steroid dienone is 1. The summed E-state index contributed by atoms with van der Waals surface area (Å²) < 4.78 is 5.27. The Morgan fingerprint density at radius 3 is 2.84 bits per heavy atom. The van der Waals surface area contributed by atoms with Gasteiger partial charge in [-0.1, -0.05) is 30.5 Å². The quantitative estimate of drug-likeness (QED) is 0.600. The highest BCUT2D eigenvalue weighted by atomic mass is 16.6. The summed E-state index contributed by atoms with van der Waals surface area (Å²) in [6.07, 6.45) is 6.80. The molecule has 0 radical (unpaired) electrons. The first-order valence-electron chi connectivity index (χ1n) is 6.82. The van der Waals surface area contributed by atoms with Crippen LogP contribution in [-0.4, -0.2) is 11.9 Å². The predicted octanol–water partition coefficient (Wildman–Crippen LogP) is 3.37. The minimum atomic E-state index is -0.316. The average molecular weight is 255 g/mol. The highest BCUT2D eigenvalue weighted by molar-refractivity contribution is 6.11. The van der Waals surface area contributed by atoms with Crippen molar-refractivity contribution < 1.29 is 9.53 Å². The van der Waals surface area contributed by atoms with Crippen molar-refractivity contribution in [3.05, 3.63) is 47.2 Å². The lowest BCUT2D eigenvalue weighted by atomic mass is 10.1. The van der Waals surface area contributed by atoms with Crippen molar-refractivity contribution in [2.75, 3.05) is 0 Å². The molecule has 1 saturated carbocycles. The third-order valence-electron chi connectivity index (χ3n) is 3.68. The largest absolute Gasteiger partial charge is 0.402 e. The molecule has 0 N–H and O–H groups in total. The molecule has 1 fully saturated rings. The van der Waals surface area contributed by atoms with Gasteiger partial charge in [0.2, 0.25) is 5.90 Å². The average Bonchev–Trinajstić information content (AvgIpc) is 3.01. The molecule has 0 saturated heterocycles. The SMILES string of the molecule is Cc1cccc(C2=N/C(=C\C3CCCC3)C(=O)O2)c1. The van der Waals surface area contributed by atoms with E-state index in [4.69, 9.17) is 4.74 Å². The van der Waals surface area contributed by atoms with Crippen molar-refractivity contribution in [1.82, 2.24) is 0 Å². The Balaban J connectivity index is 1.86. The first kappa shape index (κ1) is 12.2. The minimum Gasteiger partial charge on any atom is -0.402 e. The Morgan fingerprint density at radius 1 is 1.32 bits per heavy atom. The van der Waals surface area contributed by atoms with Crippen LogP contribution in [0.5, 0.6) is 0 Å². The lowest BCUT2D eigenvalue weighted by molar-refractivity contribution is -0.130. The maximum atomic E-state index is 11.8. The van der Waals surface area contributed by atoms with Crippen LogP contribution < -0.4 is 0 Å². The van der Waals surface area contributed by atoms with Crippen LogP contribution >= 0.6 is 0 Å². The van der Waals surface area contributed by atoms with E-state index in [1.807, 2.05) is 37.3 Å². The van der Waals surface area contributed by atoms with Crippen molar-refractivity contribution >= 4 is 11.9 Å².